The van der Waals surface area contributed by atoms with E-state index in [0.29, 0.717) is 23.6 Å². The van der Waals surface area contributed by atoms with Crippen molar-refractivity contribution in [3.63, 3.8) is 0 Å². The summed E-state index contributed by atoms with van der Waals surface area (Å²) < 4.78 is 12.3. The van der Waals surface area contributed by atoms with Crippen LogP contribution in [0.2, 0.25) is 0 Å². The highest BCUT2D eigenvalue weighted by molar-refractivity contribution is 7.99. The number of Topliss-reactive ketones (excluding diaryl/α,β-unsaturated/α-hetero) is 1. The lowest BCUT2D eigenvalue weighted by atomic mass is 10.1. The molecular weight excluding hydrogens is 388 g/mol. The van der Waals surface area contributed by atoms with Crippen molar-refractivity contribution in [2.24, 2.45) is 0 Å². The van der Waals surface area contributed by atoms with Crippen molar-refractivity contribution in [1.29, 1.82) is 0 Å². The summed E-state index contributed by atoms with van der Waals surface area (Å²) in [5, 5.41) is 0.260. The van der Waals surface area contributed by atoms with Gasteiger partial charge in [0.1, 0.15) is 11.5 Å². The summed E-state index contributed by atoms with van der Waals surface area (Å²) in [6, 6.07) is 12.6. The van der Waals surface area contributed by atoms with Gasteiger partial charge >= 0.3 is 0 Å². The van der Waals surface area contributed by atoms with Crippen LogP contribution in [0.5, 0.6) is 11.5 Å². The number of benzene rings is 2. The van der Waals surface area contributed by atoms with Gasteiger partial charge in [-0.15, -0.1) is 0 Å². The van der Waals surface area contributed by atoms with E-state index in [1.54, 1.807) is 43.8 Å². The lowest BCUT2D eigenvalue weighted by Gasteiger charge is -2.12. The van der Waals surface area contributed by atoms with Crippen molar-refractivity contribution in [2.75, 3.05) is 19.5 Å². The molecule has 0 spiro atoms. The molecule has 0 saturated carbocycles. The Morgan fingerprint density at radius 3 is 2.62 bits per heavy atom. The molecule has 0 unspecified atom stereocenters. The van der Waals surface area contributed by atoms with Gasteiger partial charge in [-0.2, -0.15) is 0 Å². The van der Waals surface area contributed by atoms with E-state index in [2.05, 4.69) is 4.98 Å². The Balaban J connectivity index is 1.79. The van der Waals surface area contributed by atoms with Gasteiger partial charge in [0.2, 0.25) is 0 Å². The molecule has 1 heterocycles. The predicted octanol–water partition coefficient (Wildman–Crippen LogP) is 3.92. The highest BCUT2D eigenvalue weighted by Gasteiger charge is 2.14. The zero-order chi connectivity index (χ0) is 20.8. The number of thioether (sulfide) groups is 1. The first-order valence-corrected chi connectivity index (χ1v) is 10.1. The maximum absolute atomic E-state index is 12.9. The third-order valence-corrected chi connectivity index (χ3v) is 5.19. The molecule has 0 saturated heterocycles. The number of carbonyl (C=O) groups excluding carboxylic acids is 1. The zero-order valence-electron chi connectivity index (χ0n) is 16.5. The molecule has 0 radical (unpaired) electrons. The molecule has 29 heavy (non-hydrogen) atoms. The van der Waals surface area contributed by atoms with Crippen molar-refractivity contribution in [3.05, 3.63) is 76.3 Å². The van der Waals surface area contributed by atoms with Gasteiger partial charge in [-0.05, 0) is 55.8 Å². The first-order valence-electron chi connectivity index (χ1n) is 9.15. The maximum Gasteiger partial charge on any atom is 0.287 e. The molecule has 2 aromatic carbocycles. The Kier molecular flexibility index (Phi) is 6.72. The number of ether oxygens (including phenoxy) is 2. The number of aromatic nitrogens is 2. The average Bonchev–Trinajstić information content (AvgIpc) is 2.73. The van der Waals surface area contributed by atoms with Crippen LogP contribution in [0.25, 0.3) is 5.69 Å². The number of nitrogens with zero attached hydrogens (tertiary/aromatic N) is 2. The van der Waals surface area contributed by atoms with Crippen molar-refractivity contribution in [2.45, 2.75) is 18.9 Å². The highest BCUT2D eigenvalue weighted by atomic mass is 32.2. The second-order valence-corrected chi connectivity index (χ2v) is 7.22. The molecular formula is C22H22N2O4S. The second kappa shape index (κ2) is 9.43. The van der Waals surface area contributed by atoms with E-state index >= 15 is 0 Å². The monoisotopic (exact) mass is 410 g/mol. The molecule has 0 atom stereocenters. The highest BCUT2D eigenvalue weighted by Crippen LogP contribution is 2.23. The summed E-state index contributed by atoms with van der Waals surface area (Å²) in [4.78, 5) is 29.6. The predicted molar refractivity (Wildman–Crippen MR) is 114 cm³/mol. The van der Waals surface area contributed by atoms with Crippen LogP contribution in [0.3, 0.4) is 0 Å². The summed E-state index contributed by atoms with van der Waals surface area (Å²) in [5.41, 5.74) is 1.92. The fourth-order valence-electron chi connectivity index (χ4n) is 2.79. The number of rotatable bonds is 8. The Morgan fingerprint density at radius 2 is 1.93 bits per heavy atom. The van der Waals surface area contributed by atoms with Crippen molar-refractivity contribution in [1.82, 2.24) is 9.55 Å². The summed E-state index contributed by atoms with van der Waals surface area (Å²) in [7, 11) is 1.56. The standard InChI is InChI=1S/C22H22N2O4S/c1-4-28-17-8-6-16(7-9-17)19(25)14-29-21-22(26)24(12-11-23-21)18-13-15(2)5-10-20(18)27-3/h5-13H,4,14H2,1-3H3. The van der Waals surface area contributed by atoms with E-state index < -0.39 is 0 Å². The first kappa shape index (κ1) is 20.7. The largest absolute Gasteiger partial charge is 0.495 e. The van der Waals surface area contributed by atoms with Crippen LogP contribution >= 0.6 is 11.8 Å². The van der Waals surface area contributed by atoms with Gasteiger partial charge in [0.25, 0.3) is 5.56 Å². The van der Waals surface area contributed by atoms with Gasteiger partial charge in [0.05, 0.1) is 25.2 Å². The zero-order valence-corrected chi connectivity index (χ0v) is 17.4. The number of carbonyl (C=O) groups is 1. The van der Waals surface area contributed by atoms with E-state index in [1.165, 1.54) is 4.57 Å². The lowest BCUT2D eigenvalue weighted by Crippen LogP contribution is -2.21. The van der Waals surface area contributed by atoms with Crippen LogP contribution in [0.1, 0.15) is 22.8 Å². The van der Waals surface area contributed by atoms with Crippen LogP contribution in [-0.2, 0) is 0 Å². The molecule has 3 aromatic rings. The van der Waals surface area contributed by atoms with Crippen molar-refractivity contribution >= 4 is 17.5 Å². The molecule has 7 heteroatoms. The van der Waals surface area contributed by atoms with E-state index in [-0.39, 0.29) is 22.1 Å². The van der Waals surface area contributed by atoms with Gasteiger partial charge in [-0.3, -0.25) is 14.2 Å². The second-order valence-electron chi connectivity index (χ2n) is 6.25. The minimum atomic E-state index is -0.291. The topological polar surface area (TPSA) is 70.4 Å². The number of methoxy groups -OCH3 is 1. The third kappa shape index (κ3) is 4.86. The minimum absolute atomic E-state index is 0.0808. The van der Waals surface area contributed by atoms with E-state index in [4.69, 9.17) is 9.47 Å². The third-order valence-electron chi connectivity index (χ3n) is 4.23. The fraction of sp³-hybridized carbons (Fsp3) is 0.227. The first-order chi connectivity index (χ1) is 14.0. The maximum atomic E-state index is 12.9. The Morgan fingerprint density at radius 1 is 1.17 bits per heavy atom. The van der Waals surface area contributed by atoms with Gasteiger partial charge in [-0.1, -0.05) is 17.8 Å². The summed E-state index contributed by atoms with van der Waals surface area (Å²) in [6.45, 7) is 4.42. The molecule has 0 aliphatic heterocycles. The Hall–Kier alpha value is -3.06. The SMILES string of the molecule is CCOc1ccc(C(=O)CSc2nccn(-c3cc(C)ccc3OC)c2=O)cc1. The average molecular weight is 410 g/mol. The van der Waals surface area contributed by atoms with E-state index in [9.17, 15) is 9.59 Å². The van der Waals surface area contributed by atoms with Gasteiger partial charge in [-0.25, -0.2) is 4.98 Å². The Labute approximate surface area is 173 Å². The number of hydrogen-bond acceptors (Lipinski definition) is 6. The lowest BCUT2D eigenvalue weighted by molar-refractivity contribution is 0.102. The number of aryl methyl sites for hydroxylation is 1. The quantitative estimate of drug-likeness (QED) is 0.414. The molecule has 0 aliphatic carbocycles. The number of ketones is 1. The van der Waals surface area contributed by atoms with Crippen LogP contribution in [0, 0.1) is 6.92 Å². The molecule has 3 rings (SSSR count). The molecule has 1 aromatic heterocycles. The number of hydrogen-bond donors (Lipinski definition) is 0. The summed E-state index contributed by atoms with van der Waals surface area (Å²) in [5.74, 6) is 1.34. The summed E-state index contributed by atoms with van der Waals surface area (Å²) in [6.07, 6.45) is 3.14. The normalized spacial score (nSPS) is 10.6. The van der Waals surface area contributed by atoms with Gasteiger partial charge in [0, 0.05) is 18.0 Å². The van der Waals surface area contributed by atoms with Gasteiger partial charge < -0.3 is 9.47 Å². The Bertz CT molecular complexity index is 1060. The smallest absolute Gasteiger partial charge is 0.287 e. The minimum Gasteiger partial charge on any atom is -0.495 e. The fourth-order valence-corrected chi connectivity index (χ4v) is 3.58. The molecule has 6 nitrogen and oxygen atoms in total. The van der Waals surface area contributed by atoms with Crippen molar-refractivity contribution < 1.29 is 14.3 Å². The summed E-state index contributed by atoms with van der Waals surface area (Å²) >= 11 is 1.12. The molecule has 0 aliphatic rings. The molecule has 0 amide bonds. The van der Waals surface area contributed by atoms with Crippen LogP contribution in [0.15, 0.2) is 64.7 Å². The van der Waals surface area contributed by atoms with Crippen LogP contribution in [0.4, 0.5) is 0 Å². The molecule has 0 N–H and O–H groups in total. The van der Waals surface area contributed by atoms with Crippen molar-refractivity contribution in [3.8, 4) is 17.2 Å². The van der Waals surface area contributed by atoms with E-state index in [0.717, 1.165) is 23.1 Å². The molecule has 0 bridgehead atoms. The van der Waals surface area contributed by atoms with Gasteiger partial charge in [0.15, 0.2) is 10.8 Å². The van der Waals surface area contributed by atoms with Crippen LogP contribution in [-0.4, -0.2) is 34.8 Å². The van der Waals surface area contributed by atoms with Crippen LogP contribution < -0.4 is 15.0 Å². The molecule has 0 fully saturated rings. The van der Waals surface area contributed by atoms with E-state index in [1.807, 2.05) is 32.0 Å². The molecule has 150 valence electrons.